The fourth-order valence-electron chi connectivity index (χ4n) is 1.82. The Bertz CT molecular complexity index is 557. The van der Waals surface area contributed by atoms with Gasteiger partial charge in [-0.05, 0) is 32.2 Å². The van der Waals surface area contributed by atoms with E-state index in [1.807, 2.05) is 6.26 Å². The number of aromatic nitrogens is 2. The van der Waals surface area contributed by atoms with E-state index in [-0.39, 0.29) is 0 Å². The maximum Gasteiger partial charge on any atom is 0.190 e. The van der Waals surface area contributed by atoms with Crippen LogP contribution < -0.4 is 4.90 Å². The molecule has 0 aliphatic carbocycles. The monoisotopic (exact) mass is 293 g/mol. The van der Waals surface area contributed by atoms with Gasteiger partial charge in [-0.2, -0.15) is 0 Å². The maximum absolute atomic E-state index is 6.05. The Morgan fingerprint density at radius 2 is 1.89 bits per heavy atom. The molecule has 0 amide bonds. The highest BCUT2D eigenvalue weighted by molar-refractivity contribution is 7.98. The molecule has 0 atom stereocenters. The molecule has 0 aliphatic heterocycles. The molecule has 0 bridgehead atoms. The van der Waals surface area contributed by atoms with Crippen LogP contribution in [0, 0.1) is 6.92 Å². The zero-order chi connectivity index (χ0) is 13.8. The van der Waals surface area contributed by atoms with Gasteiger partial charge in [0.2, 0.25) is 0 Å². The normalized spacial score (nSPS) is 10.5. The van der Waals surface area contributed by atoms with Gasteiger partial charge >= 0.3 is 0 Å². The zero-order valence-electron chi connectivity index (χ0n) is 11.2. The largest absolute Gasteiger partial charge is 0.326 e. The summed E-state index contributed by atoms with van der Waals surface area (Å²) in [4.78, 5) is 10.8. The lowest BCUT2D eigenvalue weighted by Gasteiger charge is -2.22. The van der Waals surface area contributed by atoms with Crippen LogP contribution in [-0.4, -0.2) is 22.8 Å². The Hall–Kier alpha value is -1.26. The van der Waals surface area contributed by atoms with Crippen LogP contribution in [0.2, 0.25) is 5.15 Å². The predicted molar refractivity (Wildman–Crippen MR) is 82.7 cm³/mol. The quantitative estimate of drug-likeness (QED) is 0.477. The smallest absolute Gasteiger partial charge is 0.190 e. The van der Waals surface area contributed by atoms with Crippen LogP contribution in [-0.2, 0) is 0 Å². The Labute approximate surface area is 123 Å². The molecule has 0 saturated heterocycles. The standard InChI is InChI=1S/C14H16ClN3S/c1-4-18(11-7-5-10(2)6-8-11)13-9-12(15)16-14(17-13)19-3/h5-9H,4H2,1-3H3. The molecule has 0 radical (unpaired) electrons. The molecule has 100 valence electrons. The number of rotatable bonds is 4. The van der Waals surface area contributed by atoms with E-state index >= 15 is 0 Å². The highest BCUT2D eigenvalue weighted by Gasteiger charge is 2.11. The third-order valence-corrected chi connectivity index (χ3v) is 3.52. The molecular formula is C14H16ClN3S. The van der Waals surface area contributed by atoms with Crippen LogP contribution in [0.15, 0.2) is 35.5 Å². The van der Waals surface area contributed by atoms with Crippen LogP contribution in [0.1, 0.15) is 12.5 Å². The average Bonchev–Trinajstić information content (AvgIpc) is 2.41. The molecule has 3 nitrogen and oxygen atoms in total. The minimum Gasteiger partial charge on any atom is -0.326 e. The van der Waals surface area contributed by atoms with Gasteiger partial charge in [0, 0.05) is 18.3 Å². The van der Waals surface area contributed by atoms with Crippen LogP contribution in [0.4, 0.5) is 11.5 Å². The molecule has 19 heavy (non-hydrogen) atoms. The first-order valence-corrected chi connectivity index (χ1v) is 7.67. The number of aryl methyl sites for hydroxylation is 1. The Kier molecular flexibility index (Phi) is 4.66. The molecule has 0 unspecified atom stereocenters. The van der Waals surface area contributed by atoms with Gasteiger partial charge in [-0.1, -0.05) is 41.1 Å². The molecule has 0 aliphatic rings. The molecule has 1 aromatic carbocycles. The highest BCUT2D eigenvalue weighted by Crippen LogP contribution is 2.27. The van der Waals surface area contributed by atoms with Gasteiger partial charge in [0.05, 0.1) is 0 Å². The number of anilines is 2. The average molecular weight is 294 g/mol. The van der Waals surface area contributed by atoms with Gasteiger partial charge in [0.25, 0.3) is 0 Å². The van der Waals surface area contributed by atoms with Crippen molar-refractivity contribution in [3.63, 3.8) is 0 Å². The minimum atomic E-state index is 0.472. The van der Waals surface area contributed by atoms with Gasteiger partial charge < -0.3 is 4.90 Å². The van der Waals surface area contributed by atoms with Crippen molar-refractivity contribution in [2.45, 2.75) is 19.0 Å². The Balaban J connectivity index is 2.41. The Morgan fingerprint density at radius 1 is 1.21 bits per heavy atom. The van der Waals surface area contributed by atoms with E-state index in [9.17, 15) is 0 Å². The summed E-state index contributed by atoms with van der Waals surface area (Å²) in [5, 5.41) is 1.16. The van der Waals surface area contributed by atoms with Crippen molar-refractivity contribution in [3.8, 4) is 0 Å². The lowest BCUT2D eigenvalue weighted by molar-refractivity contribution is 0.910. The van der Waals surface area contributed by atoms with E-state index in [1.54, 1.807) is 6.07 Å². The summed E-state index contributed by atoms with van der Waals surface area (Å²) in [5.74, 6) is 0.829. The number of nitrogens with zero attached hydrogens (tertiary/aromatic N) is 3. The lowest BCUT2D eigenvalue weighted by atomic mass is 10.2. The third kappa shape index (κ3) is 3.39. The first-order valence-electron chi connectivity index (χ1n) is 6.07. The van der Waals surface area contributed by atoms with Crippen LogP contribution in [0.25, 0.3) is 0 Å². The van der Waals surface area contributed by atoms with Crippen molar-refractivity contribution >= 4 is 34.9 Å². The lowest BCUT2D eigenvalue weighted by Crippen LogP contribution is -2.17. The molecule has 2 rings (SSSR count). The van der Waals surface area contributed by atoms with Gasteiger partial charge in [-0.3, -0.25) is 0 Å². The van der Waals surface area contributed by atoms with E-state index in [4.69, 9.17) is 11.6 Å². The van der Waals surface area contributed by atoms with Crippen LogP contribution in [0.3, 0.4) is 0 Å². The van der Waals surface area contributed by atoms with Crippen molar-refractivity contribution in [1.82, 2.24) is 9.97 Å². The first kappa shape index (κ1) is 14.2. The summed E-state index contributed by atoms with van der Waals surface area (Å²) < 4.78 is 0. The SMILES string of the molecule is CCN(c1ccc(C)cc1)c1cc(Cl)nc(SC)n1. The van der Waals surface area contributed by atoms with Gasteiger partial charge in [0.15, 0.2) is 5.16 Å². The zero-order valence-corrected chi connectivity index (χ0v) is 12.8. The van der Waals surface area contributed by atoms with Crippen molar-refractivity contribution in [1.29, 1.82) is 0 Å². The van der Waals surface area contributed by atoms with E-state index in [2.05, 4.69) is 53.0 Å². The molecule has 0 N–H and O–H groups in total. The summed E-state index contributed by atoms with van der Waals surface area (Å²) in [6.07, 6.45) is 1.94. The number of hydrogen-bond donors (Lipinski definition) is 0. The number of halogens is 1. The van der Waals surface area contributed by atoms with Gasteiger partial charge in [-0.15, -0.1) is 0 Å². The topological polar surface area (TPSA) is 29.0 Å². The summed E-state index contributed by atoms with van der Waals surface area (Å²) in [7, 11) is 0. The molecule has 5 heteroatoms. The minimum absolute atomic E-state index is 0.472. The molecule has 1 aromatic heterocycles. The highest BCUT2D eigenvalue weighted by atomic mass is 35.5. The van der Waals surface area contributed by atoms with Gasteiger partial charge in [-0.25, -0.2) is 9.97 Å². The maximum atomic E-state index is 6.05. The first-order chi connectivity index (χ1) is 9.13. The van der Waals surface area contributed by atoms with Crippen molar-refractivity contribution in [2.75, 3.05) is 17.7 Å². The van der Waals surface area contributed by atoms with E-state index in [0.717, 1.165) is 18.1 Å². The van der Waals surface area contributed by atoms with Crippen LogP contribution in [0.5, 0.6) is 0 Å². The summed E-state index contributed by atoms with van der Waals surface area (Å²) >= 11 is 7.54. The summed E-state index contributed by atoms with van der Waals surface area (Å²) in [5.41, 5.74) is 2.35. The van der Waals surface area contributed by atoms with Crippen molar-refractivity contribution in [3.05, 3.63) is 41.0 Å². The number of hydrogen-bond acceptors (Lipinski definition) is 4. The molecule has 0 fully saturated rings. The molecule has 0 spiro atoms. The fraction of sp³-hybridized carbons (Fsp3) is 0.286. The number of benzene rings is 1. The molecule has 0 saturated carbocycles. The second-order valence-electron chi connectivity index (χ2n) is 4.12. The predicted octanol–water partition coefficient (Wildman–Crippen LogP) is 4.32. The fourth-order valence-corrected chi connectivity index (χ4v) is 2.42. The van der Waals surface area contributed by atoms with E-state index < -0.39 is 0 Å². The third-order valence-electron chi connectivity index (χ3n) is 2.78. The van der Waals surface area contributed by atoms with Crippen molar-refractivity contribution < 1.29 is 0 Å². The summed E-state index contributed by atoms with van der Waals surface area (Å²) in [6.45, 7) is 4.99. The van der Waals surface area contributed by atoms with Gasteiger partial charge in [0.1, 0.15) is 11.0 Å². The second kappa shape index (κ2) is 6.26. The van der Waals surface area contributed by atoms with Crippen molar-refractivity contribution in [2.24, 2.45) is 0 Å². The van der Waals surface area contributed by atoms with E-state index in [1.165, 1.54) is 17.3 Å². The second-order valence-corrected chi connectivity index (χ2v) is 5.28. The summed E-state index contributed by atoms with van der Waals surface area (Å²) in [6, 6.07) is 10.2. The number of thioether (sulfide) groups is 1. The van der Waals surface area contributed by atoms with E-state index in [0.29, 0.717) is 10.3 Å². The molecule has 1 heterocycles. The molecule has 2 aromatic rings. The Morgan fingerprint density at radius 3 is 2.47 bits per heavy atom. The molecular weight excluding hydrogens is 278 g/mol. The van der Waals surface area contributed by atoms with Crippen LogP contribution >= 0.6 is 23.4 Å².